The van der Waals surface area contributed by atoms with Crippen LogP contribution in [0.15, 0.2) is 36.4 Å². The van der Waals surface area contributed by atoms with Crippen molar-refractivity contribution in [2.24, 2.45) is 0 Å². The molecule has 37 heavy (non-hydrogen) atoms. The van der Waals surface area contributed by atoms with Gasteiger partial charge in [-0.1, -0.05) is 24.7 Å². The third kappa shape index (κ3) is 5.54. The summed E-state index contributed by atoms with van der Waals surface area (Å²) in [5.74, 6) is -1.44. The van der Waals surface area contributed by atoms with Crippen molar-refractivity contribution < 1.29 is 39.7 Å². The van der Waals surface area contributed by atoms with E-state index in [0.717, 1.165) is 16.5 Å². The predicted octanol–water partition coefficient (Wildman–Crippen LogP) is 4.73. The zero-order valence-corrected chi connectivity index (χ0v) is 21.7. The van der Waals surface area contributed by atoms with Crippen LogP contribution in [0.5, 0.6) is 0 Å². The first-order valence-electron chi connectivity index (χ1n) is 12.4. The van der Waals surface area contributed by atoms with Crippen LogP contribution in [0.25, 0.3) is 10.9 Å². The molecule has 1 aromatic heterocycles. The van der Waals surface area contributed by atoms with Gasteiger partial charge in [-0.25, -0.2) is 8.78 Å². The van der Waals surface area contributed by atoms with E-state index in [2.05, 4.69) is 15.2 Å². The molecule has 10 heteroatoms. The molecule has 0 aliphatic carbocycles. The first kappa shape index (κ1) is 27.9. The van der Waals surface area contributed by atoms with Crippen LogP contribution < -0.4 is 5.32 Å². The first-order valence-corrected chi connectivity index (χ1v) is 12.4. The minimum Gasteiger partial charge on any atom is -0.453 e. The van der Waals surface area contributed by atoms with Gasteiger partial charge in [-0.3, -0.25) is 9.29 Å². The van der Waals surface area contributed by atoms with Crippen LogP contribution in [-0.4, -0.2) is 71.4 Å². The molecule has 1 fully saturated rings. The van der Waals surface area contributed by atoms with E-state index in [-0.39, 0.29) is 47.9 Å². The number of likely N-dealkylation sites (tertiary alicyclic amines) is 1. The predicted molar refractivity (Wildman–Crippen MR) is 132 cm³/mol. The van der Waals surface area contributed by atoms with Crippen LogP contribution in [0.2, 0.25) is 0 Å². The van der Waals surface area contributed by atoms with Crippen LogP contribution in [0.4, 0.5) is 23.2 Å². The first-order chi connectivity index (χ1) is 17.4. The molecule has 0 bridgehead atoms. The van der Waals surface area contributed by atoms with Crippen molar-refractivity contribution in [1.82, 2.24) is 14.8 Å². The number of aliphatic hydroxyl groups excluding tert-OH is 1. The largest absolute Gasteiger partial charge is 0.453 e. The van der Waals surface area contributed by atoms with Gasteiger partial charge < -0.3 is 24.7 Å². The zero-order chi connectivity index (χ0) is 25.4. The zero-order valence-electron chi connectivity index (χ0n) is 20.6. The molecule has 2 atom stereocenters. The molecule has 2 aliphatic rings. The second kappa shape index (κ2) is 11.7. The second-order valence-corrected chi connectivity index (χ2v) is 9.86. The number of H-pyrrole nitrogens is 1. The summed E-state index contributed by atoms with van der Waals surface area (Å²) in [6, 6.07) is 9.19. The third-order valence-electron chi connectivity index (χ3n) is 7.33. The van der Waals surface area contributed by atoms with Gasteiger partial charge in [0.05, 0.1) is 18.8 Å². The number of hydrogen-bond donors (Lipinski definition) is 3. The number of aromatic amines is 1. The van der Waals surface area contributed by atoms with Crippen molar-refractivity contribution in [1.29, 1.82) is 0 Å². The number of aromatic nitrogens is 1. The van der Waals surface area contributed by atoms with Gasteiger partial charge >= 0.3 is 0 Å². The summed E-state index contributed by atoms with van der Waals surface area (Å²) in [5.41, 5.74) is 2.65. The topological polar surface area (TPSA) is 54.5 Å². The minimum absolute atomic E-state index is 0. The van der Waals surface area contributed by atoms with E-state index in [1.54, 1.807) is 4.90 Å². The maximum absolute atomic E-state index is 15.7. The normalized spacial score (nSPS) is 20.6. The molecule has 5 nitrogen and oxygen atoms in total. The van der Waals surface area contributed by atoms with Crippen molar-refractivity contribution >= 4 is 16.6 Å². The molecule has 0 saturated carbocycles. The Kier molecular flexibility index (Phi) is 8.86. The van der Waals surface area contributed by atoms with E-state index in [1.165, 1.54) is 12.1 Å². The molecule has 2 aromatic carbocycles. The number of rotatable bonds is 9. The summed E-state index contributed by atoms with van der Waals surface area (Å²) in [6.07, 6.45) is 0.399. The number of nitrogens with zero attached hydrogens (tertiary/aromatic N) is 2. The van der Waals surface area contributed by atoms with E-state index >= 15 is 8.78 Å². The van der Waals surface area contributed by atoms with Gasteiger partial charge in [0.25, 0.3) is 0 Å². The molecule has 1 saturated heterocycles. The summed E-state index contributed by atoms with van der Waals surface area (Å²) in [7, 11) is 0. The number of alkyl halides is 1. The molecule has 3 heterocycles. The molecule has 0 amide bonds. The Morgan fingerprint density at radius 3 is 2.54 bits per heavy atom. The standard InChI is InChI=1S/C27H31F4N4O.Fe/c1-16-9-21-20-5-2-3-6-24(20)33-26(21)27(35(16)12-17(29)15-36)25-22(30)10-18(11-23(25)31)32-19-13-34(14-19)8-4-7-28;/h2-3,5-6,10-11,16,19,27,32-33,36H,4,7-9,12-15H2,1H3;/q-1;/t16-,27-;/m1./s1. The molecule has 5 rings (SSSR count). The molecule has 202 valence electrons. The number of aliphatic hydroxyl groups is 1. The summed E-state index contributed by atoms with van der Waals surface area (Å²) >= 11 is 0. The Labute approximate surface area is 224 Å². The fourth-order valence-corrected chi connectivity index (χ4v) is 5.60. The molecule has 2 aliphatic heterocycles. The Bertz CT molecular complexity index is 1200. The van der Waals surface area contributed by atoms with Gasteiger partial charge in [-0.2, -0.15) is 0 Å². The van der Waals surface area contributed by atoms with Gasteiger partial charge in [-0.15, -0.1) is 6.17 Å². The fraction of sp³-hybridized carbons (Fsp3) is 0.444. The van der Waals surface area contributed by atoms with E-state index < -0.39 is 30.5 Å². The number of nitrogens with one attached hydrogen (secondary N) is 2. The molecular weight excluding hydrogens is 528 g/mol. The fourth-order valence-electron chi connectivity index (χ4n) is 5.60. The average Bonchev–Trinajstić information content (AvgIpc) is 3.19. The van der Waals surface area contributed by atoms with Crippen molar-refractivity contribution in [3.8, 4) is 0 Å². The van der Waals surface area contributed by atoms with E-state index in [0.29, 0.717) is 43.9 Å². The number of anilines is 1. The molecular formula is C27H31F4FeN4O-. The van der Waals surface area contributed by atoms with Gasteiger partial charge in [0.1, 0.15) is 11.6 Å². The van der Waals surface area contributed by atoms with Crippen LogP contribution in [0.3, 0.4) is 0 Å². The second-order valence-electron chi connectivity index (χ2n) is 9.86. The third-order valence-corrected chi connectivity index (χ3v) is 7.33. The van der Waals surface area contributed by atoms with E-state index in [4.69, 9.17) is 0 Å². The summed E-state index contributed by atoms with van der Waals surface area (Å²) in [6.45, 7) is 2.61. The molecule has 3 N–H and O–H groups in total. The van der Waals surface area contributed by atoms with Crippen LogP contribution in [0, 0.1) is 17.8 Å². The number of benzene rings is 2. The molecule has 0 radical (unpaired) electrons. The number of halogens is 4. The van der Waals surface area contributed by atoms with Crippen molar-refractivity contribution in [3.63, 3.8) is 0 Å². The smallest absolute Gasteiger partial charge is 0.133 e. The van der Waals surface area contributed by atoms with Crippen molar-refractivity contribution in [2.45, 2.75) is 37.9 Å². The number of fused-ring (bicyclic) bond motifs is 3. The Morgan fingerprint density at radius 2 is 1.86 bits per heavy atom. The number of para-hydroxylation sites is 1. The summed E-state index contributed by atoms with van der Waals surface area (Å²) in [4.78, 5) is 7.12. The van der Waals surface area contributed by atoms with Gasteiger partial charge in [0.15, 0.2) is 0 Å². The SMILES string of the molecule is C[C@@H]1Cc2c([nH]c3ccccc23)[C@@H](c2c(F)cc(NC3CN(CCCF)C3)cc2F)N1C[C-](F)CO.[Fe]. The molecule has 3 aromatic rings. The monoisotopic (exact) mass is 559 g/mol. The van der Waals surface area contributed by atoms with Crippen LogP contribution in [-0.2, 0) is 23.5 Å². The van der Waals surface area contributed by atoms with Gasteiger partial charge in [-0.05, 0) is 50.1 Å². The summed E-state index contributed by atoms with van der Waals surface area (Å²) < 4.78 is 58.0. The Hall–Kier alpha value is -2.10. The molecule has 0 spiro atoms. The minimum atomic E-state index is -0.887. The maximum Gasteiger partial charge on any atom is 0.133 e. The Morgan fingerprint density at radius 1 is 1.16 bits per heavy atom. The van der Waals surface area contributed by atoms with Crippen LogP contribution >= 0.6 is 0 Å². The van der Waals surface area contributed by atoms with Crippen molar-refractivity contribution in [3.05, 3.63) is 71.0 Å². The van der Waals surface area contributed by atoms with Gasteiger partial charge in [0, 0.05) is 70.6 Å². The Balaban J connectivity index is 0.00000320. The maximum atomic E-state index is 15.7. The van der Waals surface area contributed by atoms with Gasteiger partial charge in [0.2, 0.25) is 0 Å². The summed E-state index contributed by atoms with van der Waals surface area (Å²) in [5, 5.41) is 13.5. The van der Waals surface area contributed by atoms with E-state index in [9.17, 15) is 13.9 Å². The quantitative estimate of drug-likeness (QED) is 0.202. The molecule has 0 unspecified atom stereocenters. The van der Waals surface area contributed by atoms with E-state index in [1.807, 2.05) is 31.2 Å². The van der Waals surface area contributed by atoms with Crippen molar-refractivity contribution in [2.75, 3.05) is 44.8 Å². The van der Waals surface area contributed by atoms with Crippen LogP contribution in [0.1, 0.15) is 36.2 Å². The number of hydrogen-bond acceptors (Lipinski definition) is 4. The average molecular weight is 559 g/mol.